The Morgan fingerprint density at radius 1 is 1.27 bits per heavy atom. The predicted molar refractivity (Wildman–Crippen MR) is 47.5 cm³/mol. The van der Waals surface area contributed by atoms with Gasteiger partial charge >= 0.3 is 0 Å². The lowest BCUT2D eigenvalue weighted by Crippen LogP contribution is -2.17. The largest absolute Gasteiger partial charge is 0.381 e. The van der Waals surface area contributed by atoms with Gasteiger partial charge in [0.05, 0.1) is 0 Å². The molecule has 1 nitrogen and oxygen atoms in total. The van der Waals surface area contributed by atoms with Crippen molar-refractivity contribution in [3.63, 3.8) is 0 Å². The fourth-order valence-electron chi connectivity index (χ4n) is 1.75. The number of ether oxygens (including phenoxy) is 1. The maximum absolute atomic E-state index is 5.42. The summed E-state index contributed by atoms with van der Waals surface area (Å²) in [6, 6.07) is 0. The molecule has 0 saturated carbocycles. The van der Waals surface area contributed by atoms with Gasteiger partial charge in [0.15, 0.2) is 0 Å². The molecule has 2 atom stereocenters. The maximum Gasteiger partial charge on any atom is 0.0498 e. The van der Waals surface area contributed by atoms with Crippen molar-refractivity contribution in [2.45, 2.75) is 34.1 Å². The molecule has 0 unspecified atom stereocenters. The normalized spacial score (nSPS) is 32.7. The van der Waals surface area contributed by atoms with Gasteiger partial charge in [-0.25, -0.2) is 0 Å². The van der Waals surface area contributed by atoms with Crippen LogP contribution in [-0.2, 0) is 4.74 Å². The summed E-state index contributed by atoms with van der Waals surface area (Å²) < 4.78 is 5.42. The minimum atomic E-state index is 0.465. The fraction of sp³-hybridized carbons (Fsp3) is 1.00. The maximum atomic E-state index is 5.42. The second kappa shape index (κ2) is 3.14. The van der Waals surface area contributed by atoms with Crippen LogP contribution in [0.15, 0.2) is 0 Å². The first-order valence-corrected chi connectivity index (χ1v) is 4.57. The van der Waals surface area contributed by atoms with E-state index in [0.717, 1.165) is 25.0 Å². The van der Waals surface area contributed by atoms with Crippen LogP contribution in [0, 0.1) is 17.3 Å². The minimum absolute atomic E-state index is 0.465. The van der Waals surface area contributed by atoms with Gasteiger partial charge in [-0.3, -0.25) is 0 Å². The highest BCUT2D eigenvalue weighted by molar-refractivity contribution is 4.76. The predicted octanol–water partition coefficient (Wildman–Crippen LogP) is 2.71. The first-order valence-electron chi connectivity index (χ1n) is 4.57. The SMILES string of the molecule is C[C@@H]1COC[C@H]1CC(C)(C)C. The Morgan fingerprint density at radius 3 is 2.27 bits per heavy atom. The fourth-order valence-corrected chi connectivity index (χ4v) is 1.75. The van der Waals surface area contributed by atoms with E-state index in [-0.39, 0.29) is 0 Å². The molecule has 1 rings (SSSR count). The molecule has 1 saturated heterocycles. The quantitative estimate of drug-likeness (QED) is 0.567. The van der Waals surface area contributed by atoms with E-state index >= 15 is 0 Å². The molecule has 1 aliphatic rings. The van der Waals surface area contributed by atoms with E-state index in [2.05, 4.69) is 27.7 Å². The number of hydrogen-bond acceptors (Lipinski definition) is 1. The van der Waals surface area contributed by atoms with E-state index in [9.17, 15) is 0 Å². The van der Waals surface area contributed by atoms with E-state index in [4.69, 9.17) is 4.74 Å². The summed E-state index contributed by atoms with van der Waals surface area (Å²) in [5.41, 5.74) is 0.465. The molecule has 1 heterocycles. The Bertz CT molecular complexity index is 123. The summed E-state index contributed by atoms with van der Waals surface area (Å²) in [5, 5.41) is 0. The van der Waals surface area contributed by atoms with Gasteiger partial charge in [0, 0.05) is 13.2 Å². The molecule has 1 fully saturated rings. The molecular formula is C10H20O. The van der Waals surface area contributed by atoms with E-state index < -0.39 is 0 Å². The summed E-state index contributed by atoms with van der Waals surface area (Å²) in [4.78, 5) is 0. The third kappa shape index (κ3) is 2.82. The van der Waals surface area contributed by atoms with Gasteiger partial charge in [-0.05, 0) is 23.7 Å². The summed E-state index contributed by atoms with van der Waals surface area (Å²) >= 11 is 0. The third-order valence-electron chi connectivity index (χ3n) is 2.39. The molecule has 0 radical (unpaired) electrons. The lowest BCUT2D eigenvalue weighted by molar-refractivity contribution is 0.172. The molecule has 1 aliphatic heterocycles. The van der Waals surface area contributed by atoms with Gasteiger partial charge in [0.25, 0.3) is 0 Å². The lowest BCUT2D eigenvalue weighted by atomic mass is 9.81. The second-order valence-corrected chi connectivity index (χ2v) is 5.04. The summed E-state index contributed by atoms with van der Waals surface area (Å²) in [7, 11) is 0. The Morgan fingerprint density at radius 2 is 1.91 bits per heavy atom. The Kier molecular flexibility index (Phi) is 2.58. The minimum Gasteiger partial charge on any atom is -0.381 e. The molecule has 66 valence electrons. The van der Waals surface area contributed by atoms with Crippen LogP contribution in [0.25, 0.3) is 0 Å². The van der Waals surface area contributed by atoms with E-state index in [1.165, 1.54) is 6.42 Å². The van der Waals surface area contributed by atoms with Crippen molar-refractivity contribution in [2.75, 3.05) is 13.2 Å². The van der Waals surface area contributed by atoms with E-state index in [1.54, 1.807) is 0 Å². The van der Waals surface area contributed by atoms with Crippen molar-refractivity contribution >= 4 is 0 Å². The van der Waals surface area contributed by atoms with E-state index in [1.807, 2.05) is 0 Å². The van der Waals surface area contributed by atoms with Crippen molar-refractivity contribution in [3.05, 3.63) is 0 Å². The van der Waals surface area contributed by atoms with Crippen molar-refractivity contribution < 1.29 is 4.74 Å². The Balaban J connectivity index is 2.37. The first kappa shape index (κ1) is 9.05. The smallest absolute Gasteiger partial charge is 0.0498 e. The van der Waals surface area contributed by atoms with Crippen LogP contribution in [0.4, 0.5) is 0 Å². The average molecular weight is 156 g/mol. The molecule has 0 N–H and O–H groups in total. The van der Waals surface area contributed by atoms with Crippen molar-refractivity contribution in [2.24, 2.45) is 17.3 Å². The second-order valence-electron chi connectivity index (χ2n) is 5.04. The van der Waals surface area contributed by atoms with Crippen LogP contribution >= 0.6 is 0 Å². The molecule has 0 aliphatic carbocycles. The number of rotatable bonds is 1. The Labute approximate surface area is 70.1 Å². The zero-order valence-electron chi connectivity index (χ0n) is 8.18. The highest BCUT2D eigenvalue weighted by Gasteiger charge is 2.28. The first-order chi connectivity index (χ1) is 4.99. The van der Waals surface area contributed by atoms with Crippen LogP contribution in [-0.4, -0.2) is 13.2 Å². The zero-order valence-corrected chi connectivity index (χ0v) is 8.18. The van der Waals surface area contributed by atoms with Crippen molar-refractivity contribution in [1.29, 1.82) is 0 Å². The van der Waals surface area contributed by atoms with Gasteiger partial charge in [-0.2, -0.15) is 0 Å². The van der Waals surface area contributed by atoms with Crippen LogP contribution in [0.3, 0.4) is 0 Å². The molecular weight excluding hydrogens is 136 g/mol. The molecule has 0 bridgehead atoms. The highest BCUT2D eigenvalue weighted by Crippen LogP contribution is 2.32. The van der Waals surface area contributed by atoms with Gasteiger partial charge < -0.3 is 4.74 Å². The summed E-state index contributed by atoms with van der Waals surface area (Å²) in [6.45, 7) is 11.2. The molecule has 1 heteroatoms. The third-order valence-corrected chi connectivity index (χ3v) is 2.39. The number of hydrogen-bond donors (Lipinski definition) is 0. The summed E-state index contributed by atoms with van der Waals surface area (Å²) in [5.74, 6) is 1.57. The highest BCUT2D eigenvalue weighted by atomic mass is 16.5. The molecule has 0 aromatic rings. The zero-order chi connectivity index (χ0) is 8.48. The van der Waals surface area contributed by atoms with Gasteiger partial charge in [-0.15, -0.1) is 0 Å². The van der Waals surface area contributed by atoms with Crippen molar-refractivity contribution in [3.8, 4) is 0 Å². The monoisotopic (exact) mass is 156 g/mol. The summed E-state index contributed by atoms with van der Waals surface area (Å²) in [6.07, 6.45) is 1.30. The average Bonchev–Trinajstić information content (AvgIpc) is 2.12. The molecule has 0 spiro atoms. The van der Waals surface area contributed by atoms with Crippen LogP contribution in [0.1, 0.15) is 34.1 Å². The van der Waals surface area contributed by atoms with Crippen LogP contribution in [0.2, 0.25) is 0 Å². The van der Waals surface area contributed by atoms with Crippen LogP contribution in [0.5, 0.6) is 0 Å². The van der Waals surface area contributed by atoms with E-state index in [0.29, 0.717) is 5.41 Å². The van der Waals surface area contributed by atoms with Crippen LogP contribution < -0.4 is 0 Å². The molecule has 11 heavy (non-hydrogen) atoms. The molecule has 0 amide bonds. The molecule has 0 aromatic heterocycles. The Hall–Kier alpha value is -0.0400. The molecule has 0 aromatic carbocycles. The van der Waals surface area contributed by atoms with Gasteiger partial charge in [0.1, 0.15) is 0 Å². The van der Waals surface area contributed by atoms with Crippen molar-refractivity contribution in [1.82, 2.24) is 0 Å². The topological polar surface area (TPSA) is 9.23 Å². The van der Waals surface area contributed by atoms with Gasteiger partial charge in [-0.1, -0.05) is 27.7 Å². The lowest BCUT2D eigenvalue weighted by Gasteiger charge is -2.24. The standard InChI is InChI=1S/C10H20O/c1-8-6-11-7-9(8)5-10(2,3)4/h8-9H,5-7H2,1-4H3/t8-,9-/m1/s1. The van der Waals surface area contributed by atoms with Gasteiger partial charge in [0.2, 0.25) is 0 Å².